The van der Waals surface area contributed by atoms with Crippen molar-refractivity contribution in [3.63, 3.8) is 0 Å². The van der Waals surface area contributed by atoms with Crippen LogP contribution in [0, 0.1) is 18.2 Å². The Morgan fingerprint density at radius 3 is 2.25 bits per heavy atom. The highest BCUT2D eigenvalue weighted by Gasteiger charge is 2.38. The Balaban J connectivity index is 0.000000529. The number of ether oxygens (including phenoxy) is 5. The largest absolute Gasteiger partial charge is 0.487 e. The molecule has 442 valence electrons. The Labute approximate surface area is 488 Å². The smallest absolute Gasteiger partial charge is 0.335 e. The van der Waals surface area contributed by atoms with Gasteiger partial charge < -0.3 is 65.4 Å². The van der Waals surface area contributed by atoms with E-state index in [4.69, 9.17) is 23.7 Å². The number of fused-ring (bicyclic) bond motifs is 1. The summed E-state index contributed by atoms with van der Waals surface area (Å²) in [5, 5.41) is 35.6. The number of anilines is 1. The van der Waals surface area contributed by atoms with Crippen molar-refractivity contribution in [3.05, 3.63) is 130 Å². The van der Waals surface area contributed by atoms with Gasteiger partial charge in [-0.3, -0.25) is 24.0 Å². The summed E-state index contributed by atoms with van der Waals surface area (Å²) >= 11 is 2.96. The minimum atomic E-state index is -1.08. The second-order valence-corrected chi connectivity index (χ2v) is 22.2. The van der Waals surface area contributed by atoms with Gasteiger partial charge in [-0.15, -0.1) is 22.7 Å². The zero-order valence-corrected chi connectivity index (χ0v) is 48.2. The molecule has 8 rings (SSSR count). The van der Waals surface area contributed by atoms with E-state index in [0.717, 1.165) is 22.4 Å². The quantitative estimate of drug-likeness (QED) is 0.0209. The molecule has 0 spiro atoms. The molecule has 4 aromatic carbocycles. The summed E-state index contributed by atoms with van der Waals surface area (Å²) in [4.78, 5) is 83.5. The number of hydrogen-bond acceptors (Lipinski definition) is 17. The number of hydrogen-bond donors (Lipinski definition) is 7. The molecule has 2 aromatic heterocycles. The van der Waals surface area contributed by atoms with Crippen LogP contribution < -0.4 is 36.1 Å². The summed E-state index contributed by atoms with van der Waals surface area (Å²) in [7, 11) is 0. The van der Waals surface area contributed by atoms with E-state index < -0.39 is 35.3 Å². The minimum absolute atomic E-state index is 0.0470. The number of aryl methyl sites for hydroxylation is 1. The Hall–Kier alpha value is -7.71. The molecule has 0 bridgehead atoms. The molecule has 83 heavy (non-hydrogen) atoms. The first-order valence-corrected chi connectivity index (χ1v) is 28.7. The molecule has 3 atom stereocenters. The number of benzene rings is 4. The molecule has 1 fully saturated rings. The SMILES string of the molecule is CC(C)(C)[C@H](NC(=O)COCCOCC(=O)NCCOCCOc1cc2c(cc1Oc1ccc(-c3ccc(C(=O)O)cc3)c(F)c1)[C@@H](CC(=O)Nc1nccs1)NCC2)C(=O)N1CC[C@@H](O)C1.Cc1ncsc1-c1ccc(CNC=O)cc1. The van der Waals surface area contributed by atoms with E-state index in [2.05, 4.69) is 48.7 Å². The van der Waals surface area contributed by atoms with E-state index in [0.29, 0.717) is 55.3 Å². The number of halogens is 1. The molecule has 2 aliphatic rings. The molecule has 5 amide bonds. The number of likely N-dealkylation sites (tertiary alicyclic amines) is 1. The van der Waals surface area contributed by atoms with Gasteiger partial charge in [-0.2, -0.15) is 0 Å². The predicted molar refractivity (Wildman–Crippen MR) is 310 cm³/mol. The third-order valence-electron chi connectivity index (χ3n) is 13.2. The molecule has 0 saturated carbocycles. The number of aromatic nitrogens is 2. The molecule has 0 unspecified atom stereocenters. The summed E-state index contributed by atoms with van der Waals surface area (Å²) in [6.07, 6.45) is 3.03. The number of aromatic carboxylic acids is 1. The Morgan fingerprint density at radius 2 is 1.60 bits per heavy atom. The zero-order chi connectivity index (χ0) is 59.3. The maximum absolute atomic E-state index is 15.5. The van der Waals surface area contributed by atoms with Gasteiger partial charge in [0.05, 0.1) is 54.2 Å². The lowest BCUT2D eigenvalue weighted by atomic mass is 9.85. The number of carboxylic acid groups (broad SMARTS) is 1. The van der Waals surface area contributed by atoms with Crippen molar-refractivity contribution in [3.8, 4) is 38.8 Å². The Kier molecular flexibility index (Phi) is 23.6. The second kappa shape index (κ2) is 31.1. The van der Waals surface area contributed by atoms with E-state index in [1.165, 1.54) is 52.1 Å². The summed E-state index contributed by atoms with van der Waals surface area (Å²) < 4.78 is 44.4. The first-order chi connectivity index (χ1) is 39.9. The van der Waals surface area contributed by atoms with Gasteiger partial charge in [0.2, 0.25) is 30.0 Å². The van der Waals surface area contributed by atoms with E-state index in [1.54, 1.807) is 46.0 Å². The van der Waals surface area contributed by atoms with Gasteiger partial charge in [0.1, 0.15) is 37.4 Å². The van der Waals surface area contributed by atoms with Crippen LogP contribution in [0.2, 0.25) is 0 Å². The molecule has 0 aliphatic carbocycles. The van der Waals surface area contributed by atoms with Crippen LogP contribution in [0.15, 0.2) is 96.0 Å². The number of nitrogens with zero attached hydrogens (tertiary/aromatic N) is 3. The number of carbonyl (C=O) groups excluding carboxylic acids is 5. The molecular weight excluding hydrogens is 1110 g/mol. The van der Waals surface area contributed by atoms with Crippen LogP contribution in [0.5, 0.6) is 17.2 Å². The average Bonchev–Trinajstić information content (AvgIpc) is 4.41. The highest BCUT2D eigenvalue weighted by atomic mass is 32.1. The van der Waals surface area contributed by atoms with Crippen molar-refractivity contribution < 1.29 is 67.1 Å². The molecule has 0 radical (unpaired) electrons. The molecule has 24 heteroatoms. The van der Waals surface area contributed by atoms with Crippen LogP contribution in [0.1, 0.15) is 72.4 Å². The fourth-order valence-corrected chi connectivity index (χ4v) is 10.3. The molecule has 1 saturated heterocycles. The highest BCUT2D eigenvalue weighted by molar-refractivity contribution is 7.14. The maximum Gasteiger partial charge on any atom is 0.335 e. The maximum atomic E-state index is 15.5. The van der Waals surface area contributed by atoms with Crippen molar-refractivity contribution in [1.82, 2.24) is 36.1 Å². The fraction of sp³-hybridized carbons (Fsp3) is 0.390. The summed E-state index contributed by atoms with van der Waals surface area (Å²) in [6.45, 7) is 9.64. The van der Waals surface area contributed by atoms with Gasteiger partial charge >= 0.3 is 5.97 Å². The van der Waals surface area contributed by atoms with Crippen molar-refractivity contribution in [1.29, 1.82) is 0 Å². The van der Waals surface area contributed by atoms with E-state index in [9.17, 15) is 39.0 Å². The van der Waals surface area contributed by atoms with Crippen molar-refractivity contribution in [2.75, 3.05) is 77.7 Å². The third-order valence-corrected chi connectivity index (χ3v) is 14.8. The van der Waals surface area contributed by atoms with Gasteiger partial charge in [0.15, 0.2) is 16.6 Å². The number of aliphatic hydroxyl groups excluding tert-OH is 1. The van der Waals surface area contributed by atoms with Crippen LogP contribution in [0.4, 0.5) is 9.52 Å². The average molecular weight is 1180 g/mol. The zero-order valence-electron chi connectivity index (χ0n) is 46.6. The summed E-state index contributed by atoms with van der Waals surface area (Å²) in [5.41, 5.74) is 7.23. The lowest BCUT2D eigenvalue weighted by Crippen LogP contribution is -2.55. The predicted octanol–water partition coefficient (Wildman–Crippen LogP) is 6.69. The normalized spacial score (nSPS) is 15.0. The number of thiazole rings is 2. The van der Waals surface area contributed by atoms with E-state index in [1.807, 2.05) is 51.4 Å². The Morgan fingerprint density at radius 1 is 0.867 bits per heavy atom. The van der Waals surface area contributed by atoms with Gasteiger partial charge in [-0.05, 0) is 95.9 Å². The molecular formula is C59H69FN8O13S2. The summed E-state index contributed by atoms with van der Waals surface area (Å²) in [5.74, 6) is -2.13. The van der Waals surface area contributed by atoms with Gasteiger partial charge in [0, 0.05) is 61.8 Å². The minimum Gasteiger partial charge on any atom is -0.487 e. The van der Waals surface area contributed by atoms with Crippen LogP contribution in [0.25, 0.3) is 21.6 Å². The number of carboxylic acids is 1. The number of carbonyl (C=O) groups is 6. The topological polar surface area (TPSA) is 278 Å². The van der Waals surface area contributed by atoms with Gasteiger partial charge in [-0.1, -0.05) is 57.2 Å². The summed E-state index contributed by atoms with van der Waals surface area (Å²) in [6, 6.07) is 20.9. The number of nitrogens with one attached hydrogen (secondary N) is 5. The van der Waals surface area contributed by atoms with E-state index >= 15 is 4.39 Å². The van der Waals surface area contributed by atoms with Gasteiger partial charge in [-0.25, -0.2) is 19.2 Å². The first-order valence-electron chi connectivity index (χ1n) is 26.9. The molecule has 4 heterocycles. The number of β-amino-alcohol motifs (C(OH)–C–C–N with tert-alkyl or cyclic N) is 1. The number of aliphatic hydroxyl groups is 1. The molecule has 6 aromatic rings. The lowest BCUT2D eigenvalue weighted by molar-refractivity contribution is -0.140. The van der Waals surface area contributed by atoms with Crippen molar-refractivity contribution in [2.45, 2.75) is 71.7 Å². The second-order valence-electron chi connectivity index (χ2n) is 20.4. The first kappa shape index (κ1) is 62.9. The number of amides is 5. The van der Waals surface area contributed by atoms with Crippen LogP contribution in [-0.4, -0.2) is 146 Å². The van der Waals surface area contributed by atoms with Crippen LogP contribution in [-0.2, 0) is 51.1 Å². The van der Waals surface area contributed by atoms with Gasteiger partial charge in [0.25, 0.3) is 0 Å². The molecule has 2 aliphatic heterocycles. The number of rotatable bonds is 27. The van der Waals surface area contributed by atoms with Crippen LogP contribution in [0.3, 0.4) is 0 Å². The van der Waals surface area contributed by atoms with Crippen LogP contribution >= 0.6 is 22.7 Å². The highest BCUT2D eigenvalue weighted by Crippen LogP contribution is 2.40. The van der Waals surface area contributed by atoms with E-state index in [-0.39, 0.29) is 112 Å². The molecule has 7 N–H and O–H groups in total. The fourth-order valence-electron chi connectivity index (χ4n) is 8.94. The third kappa shape index (κ3) is 19.2. The molecule has 21 nitrogen and oxygen atoms in total. The van der Waals surface area contributed by atoms with Crippen molar-refractivity contribution >= 4 is 63.8 Å². The van der Waals surface area contributed by atoms with Crippen molar-refractivity contribution in [2.24, 2.45) is 5.41 Å². The lowest BCUT2D eigenvalue weighted by Gasteiger charge is -2.33. The standard InChI is InChI=1S/C47H57FN6O12S.C12H12N2OS/c1-47(2,3)43(44(59)54-15-11-32(55)26-54)52-42(58)28-64-18-17-63-27-41(57)50-13-16-62-19-20-65-38-22-31-10-12-49-37(25-40(56)53-46-51-14-21-67-46)35(31)24-39(38)66-33-8-9-34(36(48)23-33)29-4-6-30(7-5-29)45(60)61;1-9-12(16-8-14-9)11-4-2-10(3-5-11)6-13-7-15/h4-9,14,21-24,32,37,43,49,55H,10-13,15-20,25-28H2,1-3H3,(H,50,57)(H,52,58)(H,60,61)(H,51,53,56);2-5,7-8H,6H2,1H3,(H,13,15)/t32-,37-,43-;/m1./s1. The Bertz CT molecular complexity index is 3120. The monoisotopic (exact) mass is 1180 g/mol.